The molecule has 0 aromatic heterocycles. The first kappa shape index (κ1) is 16.0. The molecule has 1 N–H and O–H groups in total. The van der Waals surface area contributed by atoms with Gasteiger partial charge in [-0.1, -0.05) is 47.0 Å². The second-order valence-corrected chi connectivity index (χ2v) is 6.58. The Balaban J connectivity index is 2.70. The van der Waals surface area contributed by atoms with Gasteiger partial charge < -0.3 is 10.2 Å². The summed E-state index contributed by atoms with van der Waals surface area (Å²) in [5, 5.41) is 2.86. The van der Waals surface area contributed by atoms with Crippen LogP contribution in [0.1, 0.15) is 60.3 Å². The van der Waals surface area contributed by atoms with Crippen molar-refractivity contribution >= 4 is 11.8 Å². The van der Waals surface area contributed by atoms with Gasteiger partial charge >= 0.3 is 0 Å². The molecule has 110 valence electrons. The van der Waals surface area contributed by atoms with Crippen LogP contribution in [0.15, 0.2) is 0 Å². The van der Waals surface area contributed by atoms with Crippen LogP contribution < -0.4 is 5.32 Å². The van der Waals surface area contributed by atoms with Crippen molar-refractivity contribution in [3.63, 3.8) is 0 Å². The van der Waals surface area contributed by atoms with Gasteiger partial charge in [-0.25, -0.2) is 0 Å². The molecule has 1 aliphatic rings. The maximum atomic E-state index is 12.5. The second kappa shape index (κ2) is 6.40. The SMILES string of the molecule is CCCCCCN1C(=O)C(C(C)(C)C)NC(=O)C1C. The minimum atomic E-state index is -0.401. The monoisotopic (exact) mass is 268 g/mol. The second-order valence-electron chi connectivity index (χ2n) is 6.58. The molecule has 0 radical (unpaired) electrons. The Morgan fingerprint density at radius 2 is 1.79 bits per heavy atom. The van der Waals surface area contributed by atoms with Crippen LogP contribution in [0.4, 0.5) is 0 Å². The molecule has 2 amide bonds. The molecule has 1 aliphatic heterocycles. The minimum absolute atomic E-state index is 0.0324. The predicted octanol–water partition coefficient (Wildman–Crippen LogP) is 2.33. The van der Waals surface area contributed by atoms with E-state index >= 15 is 0 Å². The number of nitrogens with one attached hydrogen (secondary N) is 1. The van der Waals surface area contributed by atoms with E-state index in [0.29, 0.717) is 6.54 Å². The zero-order chi connectivity index (χ0) is 14.6. The van der Waals surface area contributed by atoms with E-state index in [4.69, 9.17) is 0 Å². The van der Waals surface area contributed by atoms with E-state index in [1.165, 1.54) is 12.8 Å². The van der Waals surface area contributed by atoms with Crippen molar-refractivity contribution in [2.75, 3.05) is 6.54 Å². The topological polar surface area (TPSA) is 49.4 Å². The average molecular weight is 268 g/mol. The van der Waals surface area contributed by atoms with E-state index in [1.54, 1.807) is 4.90 Å². The maximum Gasteiger partial charge on any atom is 0.246 e. The molecule has 0 saturated carbocycles. The van der Waals surface area contributed by atoms with Crippen molar-refractivity contribution in [2.24, 2.45) is 5.41 Å². The number of nitrogens with zero attached hydrogens (tertiary/aromatic N) is 1. The number of piperazine rings is 1. The molecule has 0 bridgehead atoms. The Bertz CT molecular complexity index is 334. The number of hydrogen-bond donors (Lipinski definition) is 1. The summed E-state index contributed by atoms with van der Waals surface area (Å²) in [6, 6.07) is -0.741. The first-order valence-electron chi connectivity index (χ1n) is 7.40. The molecular formula is C15H28N2O2. The van der Waals surface area contributed by atoms with E-state index in [-0.39, 0.29) is 23.3 Å². The zero-order valence-corrected chi connectivity index (χ0v) is 13.0. The summed E-state index contributed by atoms with van der Waals surface area (Å²) in [6.07, 6.45) is 4.46. The highest BCUT2D eigenvalue weighted by atomic mass is 16.2. The third-order valence-electron chi connectivity index (χ3n) is 3.78. The van der Waals surface area contributed by atoms with Crippen LogP contribution in [0, 0.1) is 5.41 Å². The molecule has 0 spiro atoms. The Morgan fingerprint density at radius 3 is 2.32 bits per heavy atom. The number of rotatable bonds is 5. The van der Waals surface area contributed by atoms with Gasteiger partial charge in [0.25, 0.3) is 0 Å². The summed E-state index contributed by atoms with van der Waals surface area (Å²) in [7, 11) is 0. The summed E-state index contributed by atoms with van der Waals surface area (Å²) in [6.45, 7) is 10.6. The van der Waals surface area contributed by atoms with Gasteiger partial charge in [0.15, 0.2) is 0 Å². The van der Waals surface area contributed by atoms with Crippen LogP contribution in [0.2, 0.25) is 0 Å². The number of unbranched alkanes of at least 4 members (excludes halogenated alkanes) is 3. The van der Waals surface area contributed by atoms with Gasteiger partial charge in [-0.05, 0) is 18.8 Å². The van der Waals surface area contributed by atoms with Crippen molar-refractivity contribution in [3.05, 3.63) is 0 Å². The molecule has 0 aromatic carbocycles. The molecule has 1 saturated heterocycles. The van der Waals surface area contributed by atoms with Crippen LogP contribution in [0.25, 0.3) is 0 Å². The Morgan fingerprint density at radius 1 is 1.16 bits per heavy atom. The van der Waals surface area contributed by atoms with Crippen molar-refractivity contribution in [1.82, 2.24) is 10.2 Å². The maximum absolute atomic E-state index is 12.5. The third kappa shape index (κ3) is 3.95. The van der Waals surface area contributed by atoms with Crippen molar-refractivity contribution in [2.45, 2.75) is 72.4 Å². The lowest BCUT2D eigenvalue weighted by atomic mass is 9.84. The first-order chi connectivity index (χ1) is 8.79. The van der Waals surface area contributed by atoms with Crippen molar-refractivity contribution in [3.8, 4) is 0 Å². The number of hydrogen-bond acceptors (Lipinski definition) is 2. The molecule has 19 heavy (non-hydrogen) atoms. The Labute approximate surface area is 116 Å². The Kier molecular flexibility index (Phi) is 5.39. The van der Waals surface area contributed by atoms with Crippen LogP contribution in [-0.2, 0) is 9.59 Å². The average Bonchev–Trinajstić information content (AvgIpc) is 2.31. The van der Waals surface area contributed by atoms with Crippen molar-refractivity contribution < 1.29 is 9.59 Å². The van der Waals surface area contributed by atoms with Gasteiger partial charge in [-0.2, -0.15) is 0 Å². The van der Waals surface area contributed by atoms with E-state index in [9.17, 15) is 9.59 Å². The lowest BCUT2D eigenvalue weighted by Crippen LogP contribution is -2.65. The molecule has 0 aromatic rings. The van der Waals surface area contributed by atoms with Gasteiger partial charge in [-0.15, -0.1) is 0 Å². The summed E-state index contributed by atoms with van der Waals surface area (Å²) < 4.78 is 0. The van der Waals surface area contributed by atoms with Gasteiger partial charge in [0.05, 0.1) is 0 Å². The minimum Gasteiger partial charge on any atom is -0.342 e. The standard InChI is InChI=1S/C15H28N2O2/c1-6-7-8-9-10-17-11(2)13(18)16-12(14(17)19)15(3,4)5/h11-12H,6-10H2,1-5H3,(H,16,18). The quantitative estimate of drug-likeness (QED) is 0.778. The number of carbonyl (C=O) groups excluding carboxylic acids is 2. The fraction of sp³-hybridized carbons (Fsp3) is 0.867. The molecule has 4 heteroatoms. The van der Waals surface area contributed by atoms with Crippen LogP contribution in [-0.4, -0.2) is 35.3 Å². The predicted molar refractivity (Wildman–Crippen MR) is 76.7 cm³/mol. The molecular weight excluding hydrogens is 240 g/mol. The third-order valence-corrected chi connectivity index (χ3v) is 3.78. The van der Waals surface area contributed by atoms with E-state index in [0.717, 1.165) is 12.8 Å². The van der Waals surface area contributed by atoms with Crippen LogP contribution >= 0.6 is 0 Å². The molecule has 2 unspecified atom stereocenters. The van der Waals surface area contributed by atoms with Crippen LogP contribution in [0.3, 0.4) is 0 Å². The lowest BCUT2D eigenvalue weighted by molar-refractivity contribution is -0.151. The highest BCUT2D eigenvalue weighted by molar-refractivity contribution is 5.97. The van der Waals surface area contributed by atoms with Gasteiger partial charge in [0, 0.05) is 6.54 Å². The van der Waals surface area contributed by atoms with E-state index in [2.05, 4.69) is 12.2 Å². The fourth-order valence-electron chi connectivity index (χ4n) is 2.42. The molecule has 0 aliphatic carbocycles. The largest absolute Gasteiger partial charge is 0.342 e. The lowest BCUT2D eigenvalue weighted by Gasteiger charge is -2.42. The normalized spacial score (nSPS) is 24.6. The molecule has 1 rings (SSSR count). The van der Waals surface area contributed by atoms with Crippen LogP contribution in [0.5, 0.6) is 0 Å². The molecule has 2 atom stereocenters. The highest BCUT2D eigenvalue weighted by Crippen LogP contribution is 2.25. The zero-order valence-electron chi connectivity index (χ0n) is 13.0. The van der Waals surface area contributed by atoms with E-state index in [1.807, 2.05) is 27.7 Å². The fourth-order valence-corrected chi connectivity index (χ4v) is 2.42. The summed E-state index contributed by atoms with van der Waals surface area (Å²) in [4.78, 5) is 26.2. The smallest absolute Gasteiger partial charge is 0.246 e. The molecule has 1 heterocycles. The van der Waals surface area contributed by atoms with Gasteiger partial charge in [-0.3, -0.25) is 9.59 Å². The molecule has 4 nitrogen and oxygen atoms in total. The first-order valence-corrected chi connectivity index (χ1v) is 7.40. The van der Waals surface area contributed by atoms with Crippen molar-refractivity contribution in [1.29, 1.82) is 0 Å². The summed E-state index contributed by atoms with van der Waals surface area (Å²) >= 11 is 0. The van der Waals surface area contributed by atoms with Gasteiger partial charge in [0.2, 0.25) is 11.8 Å². The number of amides is 2. The molecule has 1 fully saturated rings. The van der Waals surface area contributed by atoms with E-state index < -0.39 is 6.04 Å². The summed E-state index contributed by atoms with van der Waals surface area (Å²) in [5.41, 5.74) is -0.242. The number of carbonyl (C=O) groups is 2. The summed E-state index contributed by atoms with van der Waals surface area (Å²) in [5.74, 6) is 0.0334. The van der Waals surface area contributed by atoms with Gasteiger partial charge in [0.1, 0.15) is 12.1 Å². The highest BCUT2D eigenvalue weighted by Gasteiger charge is 2.43. The Hall–Kier alpha value is -1.06.